The zero-order valence-corrected chi connectivity index (χ0v) is 11.1. The van der Waals surface area contributed by atoms with E-state index in [1.165, 1.54) is 13.8 Å². The third-order valence-corrected chi connectivity index (χ3v) is 3.43. The first-order valence-corrected chi connectivity index (χ1v) is 6.30. The molecule has 0 aromatic heterocycles. The average Bonchev–Trinajstić information content (AvgIpc) is 3.10. The fourth-order valence-electron chi connectivity index (χ4n) is 1.84. The predicted octanol–water partition coefficient (Wildman–Crippen LogP) is 3.40. The van der Waals surface area contributed by atoms with Gasteiger partial charge in [-0.2, -0.15) is 13.2 Å². The minimum Gasteiger partial charge on any atom is -0.353 e. The third-order valence-electron chi connectivity index (χ3n) is 3.43. The second kappa shape index (κ2) is 4.75. The van der Waals surface area contributed by atoms with Gasteiger partial charge in [0.2, 0.25) is 5.91 Å². The van der Waals surface area contributed by atoms with Crippen LogP contribution < -0.4 is 5.32 Å². The molecule has 0 saturated heterocycles. The van der Waals surface area contributed by atoms with Crippen LogP contribution in [0.1, 0.15) is 37.8 Å². The number of halogens is 4. The van der Waals surface area contributed by atoms with Crippen molar-refractivity contribution in [2.45, 2.75) is 44.3 Å². The van der Waals surface area contributed by atoms with Crippen LogP contribution in [0.4, 0.5) is 17.6 Å². The van der Waals surface area contributed by atoms with Crippen molar-refractivity contribution in [3.8, 4) is 0 Å². The van der Waals surface area contributed by atoms with Crippen molar-refractivity contribution in [2.75, 3.05) is 0 Å². The molecule has 110 valence electrons. The molecule has 0 spiro atoms. The number of nitrogens with one attached hydrogen (secondary N) is 1. The lowest BCUT2D eigenvalue weighted by molar-refractivity contribution is -0.138. The van der Waals surface area contributed by atoms with Crippen LogP contribution in [-0.2, 0) is 16.4 Å². The summed E-state index contributed by atoms with van der Waals surface area (Å²) in [4.78, 5) is 12.1. The van der Waals surface area contributed by atoms with Gasteiger partial charge in [0.1, 0.15) is 5.82 Å². The van der Waals surface area contributed by atoms with Gasteiger partial charge in [-0.3, -0.25) is 4.79 Å². The van der Waals surface area contributed by atoms with Crippen LogP contribution in [0.2, 0.25) is 0 Å². The summed E-state index contributed by atoms with van der Waals surface area (Å²) < 4.78 is 51.5. The van der Waals surface area contributed by atoms with Crippen LogP contribution in [-0.4, -0.2) is 11.9 Å². The van der Waals surface area contributed by atoms with Crippen molar-refractivity contribution < 1.29 is 22.4 Å². The molecule has 0 unspecified atom stereocenters. The summed E-state index contributed by atoms with van der Waals surface area (Å²) >= 11 is 0. The molecule has 1 amide bonds. The van der Waals surface area contributed by atoms with Crippen molar-refractivity contribution in [3.63, 3.8) is 0 Å². The van der Waals surface area contributed by atoms with Gasteiger partial charge in [0, 0.05) is 6.04 Å². The van der Waals surface area contributed by atoms with Gasteiger partial charge < -0.3 is 5.32 Å². The minimum atomic E-state index is -4.64. The number of carbonyl (C=O) groups is 1. The summed E-state index contributed by atoms with van der Waals surface area (Å²) in [5.41, 5.74) is -2.28. The first-order chi connectivity index (χ1) is 9.10. The van der Waals surface area contributed by atoms with Crippen LogP contribution in [0.5, 0.6) is 0 Å². The van der Waals surface area contributed by atoms with Gasteiger partial charge in [0.15, 0.2) is 0 Å². The fourth-order valence-corrected chi connectivity index (χ4v) is 1.84. The van der Waals surface area contributed by atoms with E-state index in [9.17, 15) is 22.4 Å². The highest BCUT2D eigenvalue weighted by Crippen LogP contribution is 2.34. The molecule has 0 atom stereocenters. The Hall–Kier alpha value is -1.59. The van der Waals surface area contributed by atoms with Gasteiger partial charge in [-0.05, 0) is 50.5 Å². The van der Waals surface area contributed by atoms with E-state index in [2.05, 4.69) is 5.32 Å². The van der Waals surface area contributed by atoms with Crippen molar-refractivity contribution >= 4 is 5.91 Å². The third kappa shape index (κ3) is 3.11. The molecule has 0 bridgehead atoms. The van der Waals surface area contributed by atoms with Crippen molar-refractivity contribution in [2.24, 2.45) is 0 Å². The van der Waals surface area contributed by atoms with E-state index >= 15 is 0 Å². The molecule has 1 aliphatic rings. The highest BCUT2D eigenvalue weighted by Gasteiger charge is 2.37. The van der Waals surface area contributed by atoms with Gasteiger partial charge in [0.05, 0.1) is 11.0 Å². The molecule has 0 heterocycles. The van der Waals surface area contributed by atoms with Gasteiger partial charge in [0.25, 0.3) is 0 Å². The quantitative estimate of drug-likeness (QED) is 0.849. The van der Waals surface area contributed by atoms with Crippen LogP contribution in [0.3, 0.4) is 0 Å². The number of hydrogen-bond donors (Lipinski definition) is 1. The lowest BCUT2D eigenvalue weighted by atomic mass is 9.82. The van der Waals surface area contributed by atoms with Gasteiger partial charge in [-0.25, -0.2) is 4.39 Å². The minimum absolute atomic E-state index is 0.0166. The lowest BCUT2D eigenvalue weighted by Crippen LogP contribution is -2.41. The Bertz CT molecular complexity index is 532. The molecular weight excluding hydrogens is 274 g/mol. The van der Waals surface area contributed by atoms with E-state index in [4.69, 9.17) is 0 Å². The maximum absolute atomic E-state index is 13.4. The van der Waals surface area contributed by atoms with Crippen LogP contribution >= 0.6 is 0 Å². The molecule has 1 aliphatic carbocycles. The molecule has 1 aromatic rings. The second-order valence-electron chi connectivity index (χ2n) is 5.60. The Morgan fingerprint density at radius 3 is 2.20 bits per heavy atom. The van der Waals surface area contributed by atoms with E-state index in [0.29, 0.717) is 6.07 Å². The fraction of sp³-hybridized carbons (Fsp3) is 0.500. The molecule has 0 aliphatic heterocycles. The van der Waals surface area contributed by atoms with Gasteiger partial charge >= 0.3 is 6.18 Å². The van der Waals surface area contributed by atoms with Gasteiger partial charge in [-0.1, -0.05) is 0 Å². The maximum Gasteiger partial charge on any atom is 0.416 e. The van der Waals surface area contributed by atoms with E-state index < -0.39 is 28.9 Å². The highest BCUT2D eigenvalue weighted by atomic mass is 19.4. The van der Waals surface area contributed by atoms with Crippen LogP contribution in [0, 0.1) is 5.82 Å². The normalized spacial score (nSPS) is 16.1. The standard InChI is InChI=1S/C14H15F4NO/c1-13(2,12(20)19-11-3-4-11)8-5-9(14(16,17)18)7-10(15)6-8/h5-7,11H,3-4H2,1-2H3,(H,19,20). The average molecular weight is 289 g/mol. The van der Waals surface area contributed by atoms with Gasteiger partial charge in [-0.15, -0.1) is 0 Å². The Labute approximate surface area is 114 Å². The van der Waals surface area contributed by atoms with E-state index in [1.807, 2.05) is 0 Å². The molecule has 1 fully saturated rings. The molecule has 2 rings (SSSR count). The zero-order chi connectivity index (χ0) is 15.1. The largest absolute Gasteiger partial charge is 0.416 e. The molecular formula is C14H15F4NO. The molecule has 1 saturated carbocycles. The zero-order valence-electron chi connectivity index (χ0n) is 11.1. The number of carbonyl (C=O) groups excluding carboxylic acids is 1. The summed E-state index contributed by atoms with van der Waals surface area (Å²) in [6.07, 6.45) is -2.89. The highest BCUT2D eigenvalue weighted by molar-refractivity contribution is 5.87. The SMILES string of the molecule is CC(C)(C(=O)NC1CC1)c1cc(F)cc(C(F)(F)F)c1. The second-order valence-corrected chi connectivity index (χ2v) is 5.60. The molecule has 1 aromatic carbocycles. The maximum atomic E-state index is 13.4. The number of rotatable bonds is 3. The summed E-state index contributed by atoms with van der Waals surface area (Å²) in [6.45, 7) is 2.97. The number of amides is 1. The Morgan fingerprint density at radius 2 is 1.70 bits per heavy atom. The number of benzene rings is 1. The Balaban J connectivity index is 2.34. The molecule has 1 N–H and O–H groups in total. The van der Waals surface area contributed by atoms with Crippen molar-refractivity contribution in [3.05, 3.63) is 35.1 Å². The summed E-state index contributed by atoms with van der Waals surface area (Å²) in [6, 6.07) is 2.33. The summed E-state index contributed by atoms with van der Waals surface area (Å²) in [5, 5.41) is 2.73. The number of alkyl halides is 3. The monoisotopic (exact) mass is 289 g/mol. The molecule has 2 nitrogen and oxygen atoms in total. The van der Waals surface area contributed by atoms with Crippen LogP contribution in [0.25, 0.3) is 0 Å². The first kappa shape index (κ1) is 14.8. The molecule has 6 heteroatoms. The predicted molar refractivity (Wildman–Crippen MR) is 65.6 cm³/mol. The lowest BCUT2D eigenvalue weighted by Gasteiger charge is -2.25. The summed E-state index contributed by atoms with van der Waals surface area (Å²) in [7, 11) is 0. The van der Waals surface area contributed by atoms with E-state index in [0.717, 1.165) is 25.0 Å². The smallest absolute Gasteiger partial charge is 0.353 e. The Kier molecular flexibility index (Phi) is 3.52. The van der Waals surface area contributed by atoms with E-state index in [1.54, 1.807) is 0 Å². The van der Waals surface area contributed by atoms with Crippen LogP contribution in [0.15, 0.2) is 18.2 Å². The molecule has 20 heavy (non-hydrogen) atoms. The summed E-state index contributed by atoms with van der Waals surface area (Å²) in [5.74, 6) is -1.39. The molecule has 0 radical (unpaired) electrons. The van der Waals surface area contributed by atoms with Crippen molar-refractivity contribution in [1.29, 1.82) is 0 Å². The Morgan fingerprint density at radius 1 is 1.15 bits per heavy atom. The van der Waals surface area contributed by atoms with E-state index in [-0.39, 0.29) is 11.6 Å². The first-order valence-electron chi connectivity index (χ1n) is 6.30. The topological polar surface area (TPSA) is 29.1 Å². The number of hydrogen-bond acceptors (Lipinski definition) is 1. The van der Waals surface area contributed by atoms with Crippen molar-refractivity contribution in [1.82, 2.24) is 5.32 Å².